The quantitative estimate of drug-likeness (QED) is 0.843. The Morgan fingerprint density at radius 2 is 1.83 bits per heavy atom. The van der Waals surface area contributed by atoms with Crippen molar-refractivity contribution >= 4 is 29.1 Å². The van der Waals surface area contributed by atoms with Gasteiger partial charge in [0.1, 0.15) is 11.8 Å². The molecule has 0 saturated carbocycles. The van der Waals surface area contributed by atoms with Crippen LogP contribution in [0.4, 0.5) is 8.78 Å². The number of rotatable bonds is 5. The van der Waals surface area contributed by atoms with Crippen LogP contribution in [0.15, 0.2) is 36.4 Å². The van der Waals surface area contributed by atoms with Crippen molar-refractivity contribution in [3.8, 4) is 5.75 Å². The minimum absolute atomic E-state index is 0. The van der Waals surface area contributed by atoms with Crippen molar-refractivity contribution in [1.82, 2.24) is 0 Å². The van der Waals surface area contributed by atoms with Crippen LogP contribution in [0.25, 0.3) is 10.8 Å². The average Bonchev–Trinajstić information content (AvgIpc) is 2.53. The molecule has 4 nitrogen and oxygen atoms in total. The predicted molar refractivity (Wildman–Crippen MR) is 86.3 cm³/mol. The van der Waals surface area contributed by atoms with E-state index in [1.165, 1.54) is 20.1 Å². The van der Waals surface area contributed by atoms with E-state index in [-0.39, 0.29) is 24.6 Å². The highest BCUT2D eigenvalue weighted by Gasteiger charge is 2.48. The molecule has 0 fully saturated rings. The van der Waals surface area contributed by atoms with Gasteiger partial charge < -0.3 is 15.2 Å². The van der Waals surface area contributed by atoms with Gasteiger partial charge in [0, 0.05) is 5.39 Å². The second-order valence-corrected chi connectivity index (χ2v) is 4.72. The molecule has 0 bridgehead atoms. The van der Waals surface area contributed by atoms with E-state index in [2.05, 4.69) is 4.74 Å². The molecule has 23 heavy (non-hydrogen) atoms. The van der Waals surface area contributed by atoms with Crippen molar-refractivity contribution < 1.29 is 23.0 Å². The van der Waals surface area contributed by atoms with Crippen molar-refractivity contribution in [2.24, 2.45) is 5.73 Å². The van der Waals surface area contributed by atoms with Gasteiger partial charge in [-0.3, -0.25) is 0 Å². The van der Waals surface area contributed by atoms with Crippen LogP contribution in [0, 0.1) is 0 Å². The summed E-state index contributed by atoms with van der Waals surface area (Å²) < 4.78 is 38.0. The van der Waals surface area contributed by atoms with Gasteiger partial charge in [-0.25, -0.2) is 4.79 Å². The highest BCUT2D eigenvalue weighted by atomic mass is 35.5. The zero-order chi connectivity index (χ0) is 16.3. The van der Waals surface area contributed by atoms with E-state index in [0.717, 1.165) is 0 Å². The zero-order valence-corrected chi connectivity index (χ0v) is 13.5. The Balaban J connectivity index is 0.00000264. The number of benzene rings is 2. The van der Waals surface area contributed by atoms with Crippen LogP contribution in [0.5, 0.6) is 5.75 Å². The fraction of sp³-hybridized carbons (Fsp3) is 0.312. The van der Waals surface area contributed by atoms with Gasteiger partial charge >= 0.3 is 11.9 Å². The molecule has 0 saturated heterocycles. The molecule has 0 aromatic heterocycles. The molecule has 7 heteroatoms. The highest BCUT2D eigenvalue weighted by molar-refractivity contribution is 5.92. The van der Waals surface area contributed by atoms with Crippen LogP contribution in [0.1, 0.15) is 18.5 Å². The first kappa shape index (κ1) is 19.1. The van der Waals surface area contributed by atoms with Gasteiger partial charge in [0.15, 0.2) is 0 Å². The molecule has 1 atom stereocenters. The van der Waals surface area contributed by atoms with Crippen LogP contribution < -0.4 is 10.5 Å². The lowest BCUT2D eigenvalue weighted by molar-refractivity contribution is -0.174. The van der Waals surface area contributed by atoms with Gasteiger partial charge in [-0.15, -0.1) is 12.4 Å². The molecule has 2 aromatic carbocycles. The average molecular weight is 346 g/mol. The third-order valence-corrected chi connectivity index (χ3v) is 3.41. The lowest BCUT2D eigenvalue weighted by atomic mass is 9.95. The van der Waals surface area contributed by atoms with E-state index in [9.17, 15) is 13.6 Å². The van der Waals surface area contributed by atoms with Crippen LogP contribution >= 0.6 is 12.4 Å². The maximum absolute atomic E-state index is 14.2. The van der Waals surface area contributed by atoms with Crippen molar-refractivity contribution in [3.63, 3.8) is 0 Å². The van der Waals surface area contributed by atoms with Crippen molar-refractivity contribution in [3.05, 3.63) is 42.0 Å². The van der Waals surface area contributed by atoms with Crippen LogP contribution in [-0.4, -0.2) is 25.6 Å². The number of nitrogens with two attached hydrogens (primary N) is 1. The lowest BCUT2D eigenvalue weighted by Gasteiger charge is -2.23. The summed E-state index contributed by atoms with van der Waals surface area (Å²) >= 11 is 0. The first-order valence-corrected chi connectivity index (χ1v) is 6.79. The number of hydrogen-bond donors (Lipinski definition) is 1. The molecular weight excluding hydrogens is 328 g/mol. The van der Waals surface area contributed by atoms with Gasteiger partial charge in [-0.1, -0.05) is 30.3 Å². The number of methoxy groups -OCH3 is 1. The normalized spacial score (nSPS) is 12.4. The minimum Gasteiger partial charge on any atom is -0.496 e. The van der Waals surface area contributed by atoms with Gasteiger partial charge in [0.05, 0.1) is 13.7 Å². The zero-order valence-electron chi connectivity index (χ0n) is 12.7. The van der Waals surface area contributed by atoms with E-state index in [0.29, 0.717) is 16.5 Å². The topological polar surface area (TPSA) is 61.5 Å². The summed E-state index contributed by atoms with van der Waals surface area (Å²) in [5, 5.41) is 1.16. The summed E-state index contributed by atoms with van der Waals surface area (Å²) in [5.41, 5.74) is 5.83. The number of ether oxygens (including phenoxy) is 2. The highest BCUT2D eigenvalue weighted by Crippen LogP contribution is 2.37. The number of carbonyl (C=O) groups excluding carboxylic acids is 1. The summed E-state index contributed by atoms with van der Waals surface area (Å²) in [5.74, 6) is -4.89. The molecule has 2 aromatic rings. The first-order valence-electron chi connectivity index (χ1n) is 6.79. The Morgan fingerprint density at radius 1 is 1.22 bits per heavy atom. The lowest BCUT2D eigenvalue weighted by Crippen LogP contribution is -2.41. The van der Waals surface area contributed by atoms with E-state index < -0.39 is 17.9 Å². The van der Waals surface area contributed by atoms with E-state index in [1.54, 1.807) is 30.3 Å². The van der Waals surface area contributed by atoms with Crippen molar-refractivity contribution in [1.29, 1.82) is 0 Å². The number of carbonyl (C=O) groups is 1. The molecule has 0 amide bonds. The number of hydrogen-bond acceptors (Lipinski definition) is 4. The number of esters is 1. The van der Waals surface area contributed by atoms with E-state index >= 15 is 0 Å². The smallest absolute Gasteiger partial charge is 0.379 e. The molecule has 0 unspecified atom stereocenters. The van der Waals surface area contributed by atoms with E-state index in [1.807, 2.05) is 0 Å². The van der Waals surface area contributed by atoms with Gasteiger partial charge in [-0.05, 0) is 23.9 Å². The SMILES string of the molecule is CCOC(=O)C(F)(F)[C@H](N)c1ccc(OC)c2ccccc12.Cl. The second-order valence-electron chi connectivity index (χ2n) is 4.72. The summed E-state index contributed by atoms with van der Waals surface area (Å²) in [4.78, 5) is 11.5. The Morgan fingerprint density at radius 3 is 2.39 bits per heavy atom. The molecule has 126 valence electrons. The first-order chi connectivity index (χ1) is 10.4. The standard InChI is InChI=1S/C16H17F2NO3.ClH/c1-3-22-15(20)16(17,18)14(19)12-8-9-13(21-2)11-7-5-4-6-10(11)12;/h4-9,14H,3,19H2,1-2H3;1H/t14-;/m1./s1. The van der Waals surface area contributed by atoms with Gasteiger partial charge in [0.2, 0.25) is 0 Å². The van der Waals surface area contributed by atoms with Crippen LogP contribution in [0.3, 0.4) is 0 Å². The molecule has 0 aliphatic carbocycles. The molecule has 2 rings (SSSR count). The molecule has 0 heterocycles. The van der Waals surface area contributed by atoms with Crippen molar-refractivity contribution in [2.45, 2.75) is 18.9 Å². The Labute approximate surface area is 139 Å². The molecule has 2 N–H and O–H groups in total. The summed E-state index contributed by atoms with van der Waals surface area (Å²) in [6.07, 6.45) is 0. The van der Waals surface area contributed by atoms with Crippen molar-refractivity contribution in [2.75, 3.05) is 13.7 Å². The number of halogens is 3. The fourth-order valence-corrected chi connectivity index (χ4v) is 2.29. The predicted octanol–water partition coefficient (Wildman–Crippen LogP) is 3.47. The third-order valence-electron chi connectivity index (χ3n) is 3.41. The van der Waals surface area contributed by atoms with Gasteiger partial charge in [-0.2, -0.15) is 8.78 Å². The second kappa shape index (κ2) is 7.57. The Bertz CT molecular complexity index is 694. The van der Waals surface area contributed by atoms with Crippen LogP contribution in [-0.2, 0) is 9.53 Å². The van der Waals surface area contributed by atoms with E-state index in [4.69, 9.17) is 10.5 Å². The fourth-order valence-electron chi connectivity index (χ4n) is 2.29. The largest absolute Gasteiger partial charge is 0.496 e. The summed E-state index contributed by atoms with van der Waals surface area (Å²) in [7, 11) is 1.49. The van der Waals surface area contributed by atoms with Gasteiger partial charge in [0.25, 0.3) is 0 Å². The number of fused-ring (bicyclic) bond motifs is 1. The summed E-state index contributed by atoms with van der Waals surface area (Å²) in [6, 6.07) is 8.07. The Kier molecular flexibility index (Phi) is 6.29. The maximum atomic E-state index is 14.2. The molecular formula is C16H18ClF2NO3. The van der Waals surface area contributed by atoms with Crippen LogP contribution in [0.2, 0.25) is 0 Å². The molecule has 0 aliphatic heterocycles. The third kappa shape index (κ3) is 3.54. The maximum Gasteiger partial charge on any atom is 0.379 e. The minimum atomic E-state index is -3.81. The molecule has 0 aliphatic rings. The molecule has 0 radical (unpaired) electrons. The Hall–Kier alpha value is -1.92. The molecule has 0 spiro atoms. The summed E-state index contributed by atoms with van der Waals surface area (Å²) in [6.45, 7) is 1.33. The monoisotopic (exact) mass is 345 g/mol. The number of alkyl halides is 2.